The third kappa shape index (κ3) is 3.67. The minimum Gasteiger partial charge on any atom is -0.323 e. The van der Waals surface area contributed by atoms with Gasteiger partial charge in [0, 0.05) is 31.7 Å². The zero-order valence-electron chi connectivity index (χ0n) is 13.3. The van der Waals surface area contributed by atoms with Gasteiger partial charge in [-0.3, -0.25) is 14.9 Å². The first kappa shape index (κ1) is 15.9. The Morgan fingerprint density at radius 1 is 1.17 bits per heavy atom. The largest absolute Gasteiger partial charge is 0.336 e. The highest BCUT2D eigenvalue weighted by Crippen LogP contribution is 2.21. The number of piperidine rings is 1. The lowest BCUT2D eigenvalue weighted by Gasteiger charge is -2.32. The zero-order valence-corrected chi connectivity index (χ0v) is 13.3. The van der Waals surface area contributed by atoms with Gasteiger partial charge in [-0.15, -0.1) is 0 Å². The first-order valence-corrected chi connectivity index (χ1v) is 7.76. The molecule has 1 saturated heterocycles. The molecule has 0 atom stereocenters. The number of carbonyl (C=O) groups excluding carboxylic acids is 2. The smallest absolute Gasteiger partial charge is 0.323 e. The minimum atomic E-state index is -0.550. The average Bonchev–Trinajstić information content (AvgIpc) is 3.06. The number of amides is 3. The van der Waals surface area contributed by atoms with Crippen LogP contribution in [-0.2, 0) is 0 Å². The van der Waals surface area contributed by atoms with E-state index < -0.39 is 5.91 Å². The van der Waals surface area contributed by atoms with Gasteiger partial charge in [-0.1, -0.05) is 0 Å². The molecule has 1 aliphatic heterocycles. The second-order valence-corrected chi connectivity index (χ2v) is 5.67. The third-order valence-electron chi connectivity index (χ3n) is 3.91. The summed E-state index contributed by atoms with van der Waals surface area (Å²) in [5.41, 5.74) is 5.84. The average molecular weight is 329 g/mol. The van der Waals surface area contributed by atoms with Gasteiger partial charge in [-0.2, -0.15) is 5.10 Å². The lowest BCUT2D eigenvalue weighted by Crippen LogP contribution is -2.51. The van der Waals surface area contributed by atoms with Crippen molar-refractivity contribution in [2.45, 2.75) is 25.8 Å². The molecule has 0 aliphatic carbocycles. The van der Waals surface area contributed by atoms with Crippen molar-refractivity contribution in [1.82, 2.24) is 35.5 Å². The van der Waals surface area contributed by atoms with Gasteiger partial charge in [0.05, 0.1) is 12.2 Å². The number of carbonyl (C=O) groups is 2. The maximum Gasteiger partial charge on any atom is 0.336 e. The molecule has 1 aliphatic rings. The molecule has 9 nitrogen and oxygen atoms in total. The first-order valence-electron chi connectivity index (χ1n) is 7.76. The Kier molecular flexibility index (Phi) is 4.69. The van der Waals surface area contributed by atoms with Crippen molar-refractivity contribution in [3.05, 3.63) is 42.2 Å². The van der Waals surface area contributed by atoms with Crippen LogP contribution in [0.1, 0.15) is 35.1 Å². The number of nitrogens with one attached hydrogen (secondary N) is 2. The molecule has 0 saturated carbocycles. The van der Waals surface area contributed by atoms with Crippen molar-refractivity contribution in [1.29, 1.82) is 0 Å². The Labute approximate surface area is 139 Å². The van der Waals surface area contributed by atoms with Gasteiger partial charge in [-0.05, 0) is 31.4 Å². The molecule has 0 aromatic carbocycles. The van der Waals surface area contributed by atoms with E-state index in [1.54, 1.807) is 11.0 Å². The van der Waals surface area contributed by atoms with Crippen molar-refractivity contribution in [2.24, 2.45) is 0 Å². The van der Waals surface area contributed by atoms with Crippen LogP contribution in [0.4, 0.5) is 4.79 Å². The van der Waals surface area contributed by atoms with Crippen LogP contribution in [0.2, 0.25) is 0 Å². The molecule has 3 heterocycles. The summed E-state index contributed by atoms with van der Waals surface area (Å²) in [7, 11) is 0. The van der Waals surface area contributed by atoms with E-state index in [1.807, 2.05) is 24.0 Å². The molecule has 3 amide bonds. The first-order chi connectivity index (χ1) is 11.6. The van der Waals surface area contributed by atoms with Gasteiger partial charge in [0.25, 0.3) is 0 Å². The number of urea groups is 1. The molecule has 2 aromatic heterocycles. The molecule has 0 unspecified atom stereocenters. The van der Waals surface area contributed by atoms with Gasteiger partial charge in [0.1, 0.15) is 0 Å². The molecular formula is C15H19N7O2. The summed E-state index contributed by atoms with van der Waals surface area (Å²) in [4.78, 5) is 33.2. The summed E-state index contributed by atoms with van der Waals surface area (Å²) < 4.78 is 1.96. The lowest BCUT2D eigenvalue weighted by atomic mass is 10.1. The molecule has 24 heavy (non-hydrogen) atoms. The van der Waals surface area contributed by atoms with Crippen LogP contribution in [-0.4, -0.2) is 49.7 Å². The number of aromatic nitrogens is 4. The lowest BCUT2D eigenvalue weighted by molar-refractivity contribution is 0.0915. The standard InChI is InChI=1S/C15H19N7O2/c1-11-9-18-22(10-11)12-3-7-21(8-4-12)15(24)20-19-14(23)13-16-5-2-6-17-13/h2,5-6,9-10,12H,3-4,7-8H2,1H3,(H,19,23)(H,20,24). The van der Waals surface area contributed by atoms with Crippen LogP contribution in [0.5, 0.6) is 0 Å². The normalized spacial score (nSPS) is 15.1. The van der Waals surface area contributed by atoms with Crippen molar-refractivity contribution >= 4 is 11.9 Å². The molecule has 2 N–H and O–H groups in total. The van der Waals surface area contributed by atoms with Gasteiger partial charge in [0.2, 0.25) is 5.82 Å². The number of aryl methyl sites for hydroxylation is 1. The Morgan fingerprint density at radius 3 is 2.50 bits per heavy atom. The second-order valence-electron chi connectivity index (χ2n) is 5.67. The summed E-state index contributed by atoms with van der Waals surface area (Å²) in [5.74, 6) is -0.545. The number of hydrogen-bond acceptors (Lipinski definition) is 5. The maximum absolute atomic E-state index is 12.1. The van der Waals surface area contributed by atoms with Crippen molar-refractivity contribution in [3.8, 4) is 0 Å². The highest BCUT2D eigenvalue weighted by atomic mass is 16.2. The quantitative estimate of drug-likeness (QED) is 0.788. The van der Waals surface area contributed by atoms with E-state index in [2.05, 4.69) is 25.9 Å². The van der Waals surface area contributed by atoms with Gasteiger partial charge in [-0.25, -0.2) is 20.2 Å². The molecule has 2 aromatic rings. The SMILES string of the molecule is Cc1cnn(C2CCN(C(=O)NNC(=O)c3ncccn3)CC2)c1. The Balaban J connectivity index is 1.46. The summed E-state index contributed by atoms with van der Waals surface area (Å²) in [5, 5.41) is 4.33. The molecule has 126 valence electrons. The summed E-state index contributed by atoms with van der Waals surface area (Å²) >= 11 is 0. The second kappa shape index (κ2) is 7.07. The Hall–Kier alpha value is -2.97. The van der Waals surface area contributed by atoms with Crippen LogP contribution in [0.15, 0.2) is 30.9 Å². The number of hydrogen-bond donors (Lipinski definition) is 2. The molecule has 9 heteroatoms. The fourth-order valence-corrected chi connectivity index (χ4v) is 2.63. The van der Waals surface area contributed by atoms with Crippen LogP contribution < -0.4 is 10.9 Å². The summed E-state index contributed by atoms with van der Waals surface area (Å²) in [6.07, 6.45) is 8.42. The van der Waals surface area contributed by atoms with E-state index in [9.17, 15) is 9.59 Å². The highest BCUT2D eigenvalue weighted by Gasteiger charge is 2.24. The van der Waals surface area contributed by atoms with Crippen molar-refractivity contribution in [3.63, 3.8) is 0 Å². The Morgan fingerprint density at radius 2 is 1.88 bits per heavy atom. The summed E-state index contributed by atoms with van der Waals surface area (Å²) in [6, 6.07) is 1.57. The van der Waals surface area contributed by atoms with Crippen molar-refractivity contribution < 1.29 is 9.59 Å². The third-order valence-corrected chi connectivity index (χ3v) is 3.91. The van der Waals surface area contributed by atoms with E-state index in [1.165, 1.54) is 12.4 Å². The van der Waals surface area contributed by atoms with Gasteiger partial charge < -0.3 is 4.90 Å². The summed E-state index contributed by atoms with van der Waals surface area (Å²) in [6.45, 7) is 3.21. The van der Waals surface area contributed by atoms with Crippen LogP contribution in [0.3, 0.4) is 0 Å². The highest BCUT2D eigenvalue weighted by molar-refractivity contribution is 5.91. The zero-order chi connectivity index (χ0) is 16.9. The monoisotopic (exact) mass is 329 g/mol. The molecule has 0 spiro atoms. The molecule has 0 bridgehead atoms. The van der Waals surface area contributed by atoms with E-state index in [0.29, 0.717) is 19.1 Å². The van der Waals surface area contributed by atoms with Crippen LogP contribution in [0.25, 0.3) is 0 Å². The fraction of sp³-hybridized carbons (Fsp3) is 0.400. The minimum absolute atomic E-state index is 0.00515. The predicted octanol–water partition coefficient (Wildman–Crippen LogP) is 0.673. The molecule has 0 radical (unpaired) electrons. The van der Waals surface area contributed by atoms with Crippen LogP contribution >= 0.6 is 0 Å². The number of hydrazine groups is 1. The Bertz CT molecular complexity index is 708. The van der Waals surface area contributed by atoms with Gasteiger partial charge >= 0.3 is 11.9 Å². The number of nitrogens with zero attached hydrogens (tertiary/aromatic N) is 5. The topological polar surface area (TPSA) is 105 Å². The number of rotatable bonds is 2. The molecular weight excluding hydrogens is 310 g/mol. The van der Waals surface area contributed by atoms with Crippen LogP contribution in [0, 0.1) is 6.92 Å². The molecule has 3 rings (SSSR count). The fourth-order valence-electron chi connectivity index (χ4n) is 2.63. The molecule has 1 fully saturated rings. The number of likely N-dealkylation sites (tertiary alicyclic amines) is 1. The maximum atomic E-state index is 12.1. The van der Waals surface area contributed by atoms with Gasteiger partial charge in [0.15, 0.2) is 0 Å². The predicted molar refractivity (Wildman–Crippen MR) is 84.8 cm³/mol. The van der Waals surface area contributed by atoms with E-state index in [-0.39, 0.29) is 11.9 Å². The van der Waals surface area contributed by atoms with E-state index in [0.717, 1.165) is 18.4 Å². The van der Waals surface area contributed by atoms with E-state index >= 15 is 0 Å². The van der Waals surface area contributed by atoms with E-state index in [4.69, 9.17) is 0 Å². The van der Waals surface area contributed by atoms with Crippen molar-refractivity contribution in [2.75, 3.05) is 13.1 Å².